The van der Waals surface area contributed by atoms with Crippen LogP contribution < -0.4 is 15.8 Å². The van der Waals surface area contributed by atoms with Crippen LogP contribution in [0.4, 0.5) is 18.9 Å². The van der Waals surface area contributed by atoms with Gasteiger partial charge in [0, 0.05) is 12.1 Å². The summed E-state index contributed by atoms with van der Waals surface area (Å²) in [5.41, 5.74) is 5.31. The maximum absolute atomic E-state index is 12.2. The molecule has 118 valence electrons. The van der Waals surface area contributed by atoms with E-state index in [0.29, 0.717) is 0 Å². The van der Waals surface area contributed by atoms with E-state index in [-0.39, 0.29) is 29.4 Å². The summed E-state index contributed by atoms with van der Waals surface area (Å²) in [6, 6.07) is 3.69. The highest BCUT2D eigenvalue weighted by molar-refractivity contribution is 6.18. The van der Waals surface area contributed by atoms with Crippen molar-refractivity contribution >= 4 is 23.2 Å². The summed E-state index contributed by atoms with van der Waals surface area (Å²) < 4.78 is 41.2. The fraction of sp³-hybridized carbons (Fsp3) is 0.417. The van der Waals surface area contributed by atoms with E-state index in [1.807, 2.05) is 0 Å². The summed E-state index contributed by atoms with van der Waals surface area (Å²) >= 11 is 5.42. The first-order valence-electron chi connectivity index (χ1n) is 5.84. The average molecular weight is 327 g/mol. The first-order chi connectivity index (χ1) is 9.73. The zero-order chi connectivity index (χ0) is 16.0. The molecule has 1 rings (SSSR count). The van der Waals surface area contributed by atoms with Crippen molar-refractivity contribution in [3.63, 3.8) is 0 Å². The topological polar surface area (TPSA) is 84.6 Å². The third-order valence-electron chi connectivity index (χ3n) is 2.36. The number of aliphatic hydroxyl groups excluding tert-OH is 1. The number of aliphatic hydroxyl groups is 1. The Hall–Kier alpha value is -1.67. The van der Waals surface area contributed by atoms with Gasteiger partial charge in [-0.25, -0.2) is 0 Å². The molecule has 0 bridgehead atoms. The molecule has 1 aromatic carbocycles. The first-order valence-corrected chi connectivity index (χ1v) is 6.37. The van der Waals surface area contributed by atoms with Crippen molar-refractivity contribution in [2.45, 2.75) is 12.3 Å². The van der Waals surface area contributed by atoms with Gasteiger partial charge in [0.25, 0.3) is 0 Å². The zero-order valence-corrected chi connectivity index (χ0v) is 11.5. The fourth-order valence-corrected chi connectivity index (χ4v) is 1.50. The van der Waals surface area contributed by atoms with Crippen molar-refractivity contribution in [2.75, 3.05) is 24.3 Å². The molecular weight excluding hydrogens is 313 g/mol. The van der Waals surface area contributed by atoms with Crippen molar-refractivity contribution in [3.8, 4) is 5.75 Å². The molecule has 0 spiro atoms. The van der Waals surface area contributed by atoms with Gasteiger partial charge in [-0.3, -0.25) is 4.79 Å². The number of alkyl halides is 4. The van der Waals surface area contributed by atoms with Crippen LogP contribution in [0.2, 0.25) is 0 Å². The smallest absolute Gasteiger partial charge is 0.422 e. The van der Waals surface area contributed by atoms with Gasteiger partial charge in [-0.2, -0.15) is 13.2 Å². The number of nitrogens with two attached hydrogens (primary N) is 1. The second kappa shape index (κ2) is 7.37. The third-order valence-corrected chi connectivity index (χ3v) is 2.72. The number of hydrogen-bond acceptors (Lipinski definition) is 4. The van der Waals surface area contributed by atoms with Gasteiger partial charge >= 0.3 is 6.18 Å². The van der Waals surface area contributed by atoms with Crippen LogP contribution in [0.5, 0.6) is 5.75 Å². The number of anilines is 1. The lowest BCUT2D eigenvalue weighted by atomic mass is 10.1. The Morgan fingerprint density at radius 2 is 2.14 bits per heavy atom. The number of halogens is 4. The Morgan fingerprint density at radius 1 is 1.48 bits per heavy atom. The maximum Gasteiger partial charge on any atom is 0.422 e. The van der Waals surface area contributed by atoms with Crippen LogP contribution in [0.15, 0.2) is 18.2 Å². The minimum absolute atomic E-state index is 0.0197. The Bertz CT molecular complexity index is 497. The van der Waals surface area contributed by atoms with Crippen LogP contribution in [0.3, 0.4) is 0 Å². The molecule has 5 nitrogen and oxygen atoms in total. The molecule has 0 saturated heterocycles. The molecule has 1 unspecified atom stereocenters. The number of nitrogens with one attached hydrogen (secondary N) is 1. The summed E-state index contributed by atoms with van der Waals surface area (Å²) in [5.74, 6) is -0.904. The van der Waals surface area contributed by atoms with E-state index in [0.717, 1.165) is 0 Å². The van der Waals surface area contributed by atoms with E-state index in [9.17, 15) is 23.1 Å². The predicted octanol–water partition coefficient (Wildman–Crippen LogP) is 1.74. The SMILES string of the molecule is NC(=O)c1ccc(OCC(F)(F)F)c(NCC(O)CCl)c1. The summed E-state index contributed by atoms with van der Waals surface area (Å²) in [6.45, 7) is -1.50. The Kier molecular flexibility index (Phi) is 6.10. The first kappa shape index (κ1) is 17.4. The zero-order valence-electron chi connectivity index (χ0n) is 10.8. The van der Waals surface area contributed by atoms with Crippen molar-refractivity contribution in [2.24, 2.45) is 5.73 Å². The molecule has 9 heteroatoms. The van der Waals surface area contributed by atoms with Crippen molar-refractivity contribution in [1.82, 2.24) is 0 Å². The molecule has 1 aromatic rings. The lowest BCUT2D eigenvalue weighted by molar-refractivity contribution is -0.153. The molecule has 0 aliphatic heterocycles. The van der Waals surface area contributed by atoms with Crippen molar-refractivity contribution < 1.29 is 27.8 Å². The standard InChI is InChI=1S/C12H14ClF3N2O3/c13-4-8(19)5-18-9-3-7(11(17)20)1-2-10(9)21-6-12(14,15)16/h1-3,8,18-19H,4-6H2,(H2,17,20). The van der Waals surface area contributed by atoms with E-state index in [1.54, 1.807) is 0 Å². The molecule has 0 aliphatic rings. The molecule has 0 fully saturated rings. The largest absolute Gasteiger partial charge is 0.482 e. The minimum Gasteiger partial charge on any atom is -0.482 e. The molecule has 0 aliphatic carbocycles. The monoisotopic (exact) mass is 326 g/mol. The molecule has 21 heavy (non-hydrogen) atoms. The van der Waals surface area contributed by atoms with Gasteiger partial charge in [-0.15, -0.1) is 11.6 Å². The number of primary amides is 1. The van der Waals surface area contributed by atoms with Gasteiger partial charge in [-0.1, -0.05) is 0 Å². The summed E-state index contributed by atoms with van der Waals surface area (Å²) in [5, 5.41) is 12.0. The summed E-state index contributed by atoms with van der Waals surface area (Å²) in [6.07, 6.45) is -5.39. The molecule has 0 radical (unpaired) electrons. The van der Waals surface area contributed by atoms with Crippen LogP contribution >= 0.6 is 11.6 Å². The summed E-state index contributed by atoms with van der Waals surface area (Å²) in [7, 11) is 0. The molecule has 0 heterocycles. The maximum atomic E-state index is 12.2. The Labute approximate surface area is 123 Å². The molecule has 1 amide bonds. The van der Waals surface area contributed by atoms with E-state index in [1.165, 1.54) is 18.2 Å². The highest BCUT2D eigenvalue weighted by atomic mass is 35.5. The lowest BCUT2D eigenvalue weighted by Crippen LogP contribution is -2.23. The van der Waals surface area contributed by atoms with Crippen LogP contribution in [0.25, 0.3) is 0 Å². The lowest BCUT2D eigenvalue weighted by Gasteiger charge is -2.16. The van der Waals surface area contributed by atoms with E-state index in [4.69, 9.17) is 17.3 Å². The van der Waals surface area contributed by atoms with E-state index < -0.39 is 24.8 Å². The third kappa shape index (κ3) is 6.09. The number of ether oxygens (including phenoxy) is 1. The van der Waals surface area contributed by atoms with Crippen LogP contribution in [-0.2, 0) is 0 Å². The number of rotatable bonds is 7. The number of hydrogen-bond donors (Lipinski definition) is 3. The molecule has 0 aromatic heterocycles. The normalized spacial score (nSPS) is 12.8. The van der Waals surface area contributed by atoms with Gasteiger partial charge in [0.2, 0.25) is 5.91 Å². The highest BCUT2D eigenvalue weighted by Crippen LogP contribution is 2.28. The quantitative estimate of drug-likeness (QED) is 0.666. The van der Waals surface area contributed by atoms with Gasteiger partial charge < -0.3 is 20.9 Å². The van der Waals surface area contributed by atoms with Gasteiger partial charge in [0.15, 0.2) is 6.61 Å². The molecule has 4 N–H and O–H groups in total. The fourth-order valence-electron chi connectivity index (χ4n) is 1.39. The average Bonchev–Trinajstić information content (AvgIpc) is 2.41. The second-order valence-electron chi connectivity index (χ2n) is 4.17. The highest BCUT2D eigenvalue weighted by Gasteiger charge is 2.29. The molecule has 0 saturated carbocycles. The van der Waals surface area contributed by atoms with Gasteiger partial charge in [0.1, 0.15) is 5.75 Å². The van der Waals surface area contributed by atoms with Crippen LogP contribution in [-0.4, -0.2) is 42.3 Å². The van der Waals surface area contributed by atoms with E-state index >= 15 is 0 Å². The number of benzene rings is 1. The number of carbonyl (C=O) groups is 1. The van der Waals surface area contributed by atoms with Crippen LogP contribution in [0, 0.1) is 0 Å². The van der Waals surface area contributed by atoms with E-state index in [2.05, 4.69) is 10.1 Å². The second-order valence-corrected chi connectivity index (χ2v) is 4.48. The molecular formula is C12H14ClF3N2O3. The van der Waals surface area contributed by atoms with Crippen molar-refractivity contribution in [3.05, 3.63) is 23.8 Å². The minimum atomic E-state index is -4.49. The van der Waals surface area contributed by atoms with Crippen LogP contribution in [0.1, 0.15) is 10.4 Å². The predicted molar refractivity (Wildman–Crippen MR) is 71.7 cm³/mol. The van der Waals surface area contributed by atoms with Gasteiger partial charge in [0.05, 0.1) is 17.7 Å². The number of amides is 1. The van der Waals surface area contributed by atoms with Gasteiger partial charge in [-0.05, 0) is 18.2 Å². The molecule has 1 atom stereocenters. The summed E-state index contributed by atoms with van der Waals surface area (Å²) in [4.78, 5) is 11.1. The van der Waals surface area contributed by atoms with Crippen molar-refractivity contribution in [1.29, 1.82) is 0 Å². The Morgan fingerprint density at radius 3 is 2.67 bits per heavy atom. The number of carbonyl (C=O) groups excluding carboxylic acids is 1. The Balaban J connectivity index is 2.91.